The van der Waals surface area contributed by atoms with Crippen LogP contribution in [0.15, 0.2) is 24.3 Å². The standard InChI is InChI=1S/C14H14N2O4/c1-9(13(17)16-7-11(8-16)14(18)19)20-12-4-2-10(6-15)3-5-12/h2-5,9,11H,7-8H2,1H3,(H,18,19). The summed E-state index contributed by atoms with van der Waals surface area (Å²) in [5.74, 6) is -1.08. The first-order chi connectivity index (χ1) is 9.51. The van der Waals surface area contributed by atoms with Gasteiger partial charge in [-0.2, -0.15) is 5.26 Å². The minimum atomic E-state index is -0.880. The zero-order valence-corrected chi connectivity index (χ0v) is 10.9. The zero-order chi connectivity index (χ0) is 14.7. The van der Waals surface area contributed by atoms with Crippen LogP contribution in [0.25, 0.3) is 0 Å². The second kappa shape index (κ2) is 5.61. The monoisotopic (exact) mass is 274 g/mol. The summed E-state index contributed by atoms with van der Waals surface area (Å²) in [5, 5.41) is 17.4. The Labute approximate surface area is 116 Å². The molecule has 0 aromatic heterocycles. The van der Waals surface area contributed by atoms with Gasteiger partial charge in [-0.25, -0.2) is 0 Å². The van der Waals surface area contributed by atoms with Crippen molar-refractivity contribution in [3.8, 4) is 11.8 Å². The third-order valence-electron chi connectivity index (χ3n) is 3.19. The first-order valence-electron chi connectivity index (χ1n) is 6.19. The van der Waals surface area contributed by atoms with E-state index in [9.17, 15) is 9.59 Å². The number of amides is 1. The predicted octanol–water partition coefficient (Wildman–Crippen LogP) is 0.869. The van der Waals surface area contributed by atoms with Crippen LogP contribution in [0.4, 0.5) is 0 Å². The molecule has 1 saturated heterocycles. The summed E-state index contributed by atoms with van der Waals surface area (Å²) in [6.07, 6.45) is -0.683. The van der Waals surface area contributed by atoms with Crippen molar-refractivity contribution in [2.75, 3.05) is 13.1 Å². The van der Waals surface area contributed by atoms with Crippen molar-refractivity contribution in [1.29, 1.82) is 5.26 Å². The fourth-order valence-corrected chi connectivity index (χ4v) is 1.93. The van der Waals surface area contributed by atoms with Gasteiger partial charge < -0.3 is 14.7 Å². The average molecular weight is 274 g/mol. The molecule has 0 saturated carbocycles. The van der Waals surface area contributed by atoms with Crippen molar-refractivity contribution in [3.05, 3.63) is 29.8 Å². The molecule has 1 aromatic carbocycles. The van der Waals surface area contributed by atoms with Crippen LogP contribution in [0, 0.1) is 17.2 Å². The maximum Gasteiger partial charge on any atom is 0.310 e. The number of carbonyl (C=O) groups excluding carboxylic acids is 1. The predicted molar refractivity (Wildman–Crippen MR) is 69.0 cm³/mol. The molecule has 1 N–H and O–H groups in total. The van der Waals surface area contributed by atoms with E-state index in [4.69, 9.17) is 15.1 Å². The van der Waals surface area contributed by atoms with Crippen LogP contribution in [-0.2, 0) is 9.59 Å². The summed E-state index contributed by atoms with van der Waals surface area (Å²) in [7, 11) is 0. The molecule has 20 heavy (non-hydrogen) atoms. The minimum absolute atomic E-state index is 0.230. The van der Waals surface area contributed by atoms with Gasteiger partial charge in [0.15, 0.2) is 6.10 Å². The van der Waals surface area contributed by atoms with Gasteiger partial charge in [-0.1, -0.05) is 0 Å². The Morgan fingerprint density at radius 2 is 2.00 bits per heavy atom. The lowest BCUT2D eigenvalue weighted by atomic mass is 10.00. The van der Waals surface area contributed by atoms with Gasteiger partial charge in [-0.15, -0.1) is 0 Å². The summed E-state index contributed by atoms with van der Waals surface area (Å²) >= 11 is 0. The van der Waals surface area contributed by atoms with Crippen LogP contribution in [0.2, 0.25) is 0 Å². The summed E-state index contributed by atoms with van der Waals surface area (Å²) in [6.45, 7) is 2.08. The summed E-state index contributed by atoms with van der Waals surface area (Å²) in [5.41, 5.74) is 0.517. The van der Waals surface area contributed by atoms with Gasteiger partial charge in [-0.3, -0.25) is 9.59 Å². The molecule has 1 atom stereocenters. The normalized spacial score (nSPS) is 15.9. The van der Waals surface area contributed by atoms with Gasteiger partial charge in [0.1, 0.15) is 5.75 Å². The van der Waals surface area contributed by atoms with Crippen molar-refractivity contribution in [1.82, 2.24) is 4.90 Å². The maximum absolute atomic E-state index is 12.0. The van der Waals surface area contributed by atoms with E-state index in [1.165, 1.54) is 4.90 Å². The van der Waals surface area contributed by atoms with Gasteiger partial charge in [0, 0.05) is 13.1 Å². The Kier molecular flexibility index (Phi) is 3.89. The highest BCUT2D eigenvalue weighted by atomic mass is 16.5. The molecule has 0 spiro atoms. The van der Waals surface area contributed by atoms with E-state index in [0.29, 0.717) is 11.3 Å². The second-order valence-corrected chi connectivity index (χ2v) is 4.67. The van der Waals surface area contributed by atoms with Crippen molar-refractivity contribution >= 4 is 11.9 Å². The summed E-state index contributed by atoms with van der Waals surface area (Å²) < 4.78 is 5.48. The number of hydrogen-bond acceptors (Lipinski definition) is 4. The third kappa shape index (κ3) is 2.88. The van der Waals surface area contributed by atoms with E-state index in [0.717, 1.165) is 0 Å². The van der Waals surface area contributed by atoms with Crippen LogP contribution in [0.1, 0.15) is 12.5 Å². The van der Waals surface area contributed by atoms with Crippen LogP contribution in [0.5, 0.6) is 5.75 Å². The molecule has 1 unspecified atom stereocenters. The van der Waals surface area contributed by atoms with Crippen molar-refractivity contribution in [2.45, 2.75) is 13.0 Å². The Balaban J connectivity index is 1.88. The number of benzene rings is 1. The molecular formula is C14H14N2O4. The molecule has 6 nitrogen and oxygen atoms in total. The number of carboxylic acids is 1. The van der Waals surface area contributed by atoms with Gasteiger partial charge in [0.2, 0.25) is 0 Å². The number of ether oxygens (including phenoxy) is 1. The van der Waals surface area contributed by atoms with Crippen LogP contribution < -0.4 is 4.74 Å². The van der Waals surface area contributed by atoms with Crippen LogP contribution >= 0.6 is 0 Å². The Hall–Kier alpha value is -2.55. The van der Waals surface area contributed by atoms with E-state index in [-0.39, 0.29) is 19.0 Å². The molecule has 0 radical (unpaired) electrons. The number of carbonyl (C=O) groups is 2. The molecule has 1 amide bonds. The number of likely N-dealkylation sites (tertiary alicyclic amines) is 1. The van der Waals surface area contributed by atoms with Gasteiger partial charge in [0.05, 0.1) is 17.6 Å². The maximum atomic E-state index is 12.0. The number of nitrogens with zero attached hydrogens (tertiary/aromatic N) is 2. The highest BCUT2D eigenvalue weighted by Crippen LogP contribution is 2.19. The lowest BCUT2D eigenvalue weighted by Crippen LogP contribution is -2.56. The number of rotatable bonds is 4. The molecule has 1 aliphatic heterocycles. The SMILES string of the molecule is CC(Oc1ccc(C#N)cc1)C(=O)N1CC(C(=O)O)C1. The van der Waals surface area contributed by atoms with E-state index in [1.807, 2.05) is 6.07 Å². The van der Waals surface area contributed by atoms with E-state index >= 15 is 0 Å². The largest absolute Gasteiger partial charge is 0.481 e. The Bertz CT molecular complexity index is 556. The molecule has 2 rings (SSSR count). The molecule has 6 heteroatoms. The Morgan fingerprint density at radius 3 is 2.50 bits per heavy atom. The number of aliphatic carboxylic acids is 1. The Morgan fingerprint density at radius 1 is 1.40 bits per heavy atom. The molecule has 1 fully saturated rings. The quantitative estimate of drug-likeness (QED) is 0.879. The number of carboxylic acid groups (broad SMARTS) is 1. The fraction of sp³-hybridized carbons (Fsp3) is 0.357. The molecular weight excluding hydrogens is 260 g/mol. The number of nitriles is 1. The first kappa shape index (κ1) is 13.9. The number of hydrogen-bond donors (Lipinski definition) is 1. The van der Waals surface area contributed by atoms with E-state index in [2.05, 4.69) is 0 Å². The average Bonchev–Trinajstić information content (AvgIpc) is 2.37. The lowest BCUT2D eigenvalue weighted by molar-refractivity contribution is -0.155. The first-order valence-corrected chi connectivity index (χ1v) is 6.19. The molecule has 1 heterocycles. The molecule has 104 valence electrons. The van der Waals surface area contributed by atoms with Gasteiger partial charge >= 0.3 is 5.97 Å². The van der Waals surface area contributed by atoms with E-state index in [1.54, 1.807) is 31.2 Å². The van der Waals surface area contributed by atoms with Gasteiger partial charge in [-0.05, 0) is 31.2 Å². The molecule has 0 bridgehead atoms. The minimum Gasteiger partial charge on any atom is -0.481 e. The van der Waals surface area contributed by atoms with Crippen molar-refractivity contribution < 1.29 is 19.4 Å². The third-order valence-corrected chi connectivity index (χ3v) is 3.19. The molecule has 1 aliphatic rings. The van der Waals surface area contributed by atoms with Crippen molar-refractivity contribution in [2.24, 2.45) is 5.92 Å². The summed E-state index contributed by atoms with van der Waals surface area (Å²) in [4.78, 5) is 24.1. The van der Waals surface area contributed by atoms with Crippen molar-refractivity contribution in [3.63, 3.8) is 0 Å². The van der Waals surface area contributed by atoms with E-state index < -0.39 is 18.0 Å². The molecule has 0 aliphatic carbocycles. The lowest BCUT2D eigenvalue weighted by Gasteiger charge is -2.38. The van der Waals surface area contributed by atoms with Gasteiger partial charge in [0.25, 0.3) is 5.91 Å². The zero-order valence-electron chi connectivity index (χ0n) is 10.9. The summed E-state index contributed by atoms with van der Waals surface area (Å²) in [6, 6.07) is 8.46. The topological polar surface area (TPSA) is 90.6 Å². The second-order valence-electron chi connectivity index (χ2n) is 4.67. The van der Waals surface area contributed by atoms with Crippen LogP contribution in [0.3, 0.4) is 0 Å². The highest BCUT2D eigenvalue weighted by Gasteiger charge is 2.37. The molecule has 1 aromatic rings. The highest BCUT2D eigenvalue weighted by molar-refractivity contribution is 5.84. The smallest absolute Gasteiger partial charge is 0.310 e. The van der Waals surface area contributed by atoms with Crippen LogP contribution in [-0.4, -0.2) is 41.1 Å². The fourth-order valence-electron chi connectivity index (χ4n) is 1.93.